The molecule has 0 radical (unpaired) electrons. The fraction of sp³-hybridized carbons (Fsp3) is 0.391. The van der Waals surface area contributed by atoms with Crippen molar-refractivity contribution in [3.63, 3.8) is 0 Å². The minimum absolute atomic E-state index is 0.267. The molecule has 0 saturated carbocycles. The second kappa shape index (κ2) is 9.62. The van der Waals surface area contributed by atoms with Crippen molar-refractivity contribution >= 4 is 27.6 Å². The van der Waals surface area contributed by atoms with E-state index in [1.807, 2.05) is 38.1 Å². The van der Waals surface area contributed by atoms with Crippen LogP contribution < -0.4 is 5.32 Å². The van der Waals surface area contributed by atoms with Crippen LogP contribution in [0.4, 0.5) is 5.69 Å². The molecule has 1 unspecified atom stereocenters. The van der Waals surface area contributed by atoms with E-state index in [0.29, 0.717) is 24.1 Å². The molecule has 1 aliphatic rings. The lowest BCUT2D eigenvalue weighted by Gasteiger charge is -2.30. The van der Waals surface area contributed by atoms with Crippen LogP contribution in [-0.4, -0.2) is 43.9 Å². The average Bonchev–Trinajstić information content (AvgIpc) is 2.74. The summed E-state index contributed by atoms with van der Waals surface area (Å²) in [5.41, 5.74) is 3.16. The summed E-state index contributed by atoms with van der Waals surface area (Å²) >= 11 is 0. The Hall–Kier alpha value is -2.71. The molecule has 1 N–H and O–H groups in total. The number of ether oxygens (including phenoxy) is 1. The zero-order valence-corrected chi connectivity index (χ0v) is 18.8. The van der Waals surface area contributed by atoms with Gasteiger partial charge in [0.2, 0.25) is 16.1 Å². The van der Waals surface area contributed by atoms with Crippen molar-refractivity contribution in [3.05, 3.63) is 65.2 Å². The SMILES string of the molecule is Cc1ccc(C)c(NC(=O)C(OC(=O)C2CCN(S(C)(=O)=O)CC2)c2ccccc2)c1. The van der Waals surface area contributed by atoms with Crippen LogP contribution in [-0.2, 0) is 24.3 Å². The van der Waals surface area contributed by atoms with Crippen LogP contribution in [0.1, 0.15) is 35.6 Å². The number of nitrogens with zero attached hydrogens (tertiary/aromatic N) is 1. The molecule has 0 aliphatic carbocycles. The Morgan fingerprint density at radius 2 is 1.71 bits per heavy atom. The number of amides is 1. The minimum atomic E-state index is -3.28. The first-order valence-electron chi connectivity index (χ1n) is 10.2. The zero-order valence-electron chi connectivity index (χ0n) is 18.0. The van der Waals surface area contributed by atoms with Crippen LogP contribution in [0.2, 0.25) is 0 Å². The van der Waals surface area contributed by atoms with Gasteiger partial charge in [0.05, 0.1) is 12.2 Å². The normalized spacial score (nSPS) is 16.5. The van der Waals surface area contributed by atoms with Crippen molar-refractivity contribution < 1.29 is 22.7 Å². The summed E-state index contributed by atoms with van der Waals surface area (Å²) in [4.78, 5) is 25.9. The Morgan fingerprint density at radius 3 is 2.32 bits per heavy atom. The largest absolute Gasteiger partial charge is 0.447 e. The van der Waals surface area contributed by atoms with Crippen LogP contribution in [0.25, 0.3) is 0 Å². The third-order valence-corrected chi connectivity index (χ3v) is 6.78. The number of hydrogen-bond donors (Lipinski definition) is 1. The first kappa shape index (κ1) is 23.0. The lowest BCUT2D eigenvalue weighted by molar-refractivity contribution is -0.160. The number of esters is 1. The molecule has 1 amide bonds. The summed E-state index contributed by atoms with van der Waals surface area (Å²) in [6, 6.07) is 14.6. The molecule has 3 rings (SSSR count). The van der Waals surface area contributed by atoms with Gasteiger partial charge >= 0.3 is 5.97 Å². The molecule has 1 saturated heterocycles. The highest BCUT2D eigenvalue weighted by atomic mass is 32.2. The van der Waals surface area contributed by atoms with E-state index in [2.05, 4.69) is 5.32 Å². The third-order valence-electron chi connectivity index (χ3n) is 5.48. The number of sulfonamides is 1. The summed E-state index contributed by atoms with van der Waals surface area (Å²) < 4.78 is 30.4. The van der Waals surface area contributed by atoms with Gasteiger partial charge < -0.3 is 10.1 Å². The van der Waals surface area contributed by atoms with Gasteiger partial charge in [-0.2, -0.15) is 0 Å². The van der Waals surface area contributed by atoms with Crippen LogP contribution in [0, 0.1) is 19.8 Å². The number of hydrogen-bond acceptors (Lipinski definition) is 5. The van der Waals surface area contributed by atoms with E-state index in [4.69, 9.17) is 4.74 Å². The van der Waals surface area contributed by atoms with Crippen molar-refractivity contribution in [3.8, 4) is 0 Å². The summed E-state index contributed by atoms with van der Waals surface area (Å²) in [5, 5.41) is 2.88. The fourth-order valence-corrected chi connectivity index (χ4v) is 4.48. The van der Waals surface area contributed by atoms with E-state index in [1.165, 1.54) is 4.31 Å². The van der Waals surface area contributed by atoms with Crippen molar-refractivity contribution in [1.82, 2.24) is 4.31 Å². The molecular weight excluding hydrogens is 416 g/mol. The van der Waals surface area contributed by atoms with Gasteiger partial charge in [0.25, 0.3) is 5.91 Å². The van der Waals surface area contributed by atoms with Gasteiger partial charge in [-0.3, -0.25) is 9.59 Å². The van der Waals surface area contributed by atoms with Crippen molar-refractivity contribution in [2.75, 3.05) is 24.7 Å². The van der Waals surface area contributed by atoms with Crippen molar-refractivity contribution in [1.29, 1.82) is 0 Å². The summed E-state index contributed by atoms with van der Waals surface area (Å²) in [6.45, 7) is 4.37. The van der Waals surface area contributed by atoms with Gasteiger partial charge in [0, 0.05) is 24.3 Å². The number of anilines is 1. The Labute approximate surface area is 183 Å². The monoisotopic (exact) mass is 444 g/mol. The topological polar surface area (TPSA) is 92.8 Å². The summed E-state index contributed by atoms with van der Waals surface area (Å²) in [5.74, 6) is -1.36. The van der Waals surface area contributed by atoms with E-state index >= 15 is 0 Å². The van der Waals surface area contributed by atoms with Gasteiger partial charge in [-0.05, 0) is 43.9 Å². The van der Waals surface area contributed by atoms with Crippen molar-refractivity contribution in [2.24, 2.45) is 5.92 Å². The molecule has 0 aromatic heterocycles. The van der Waals surface area contributed by atoms with Gasteiger partial charge in [-0.15, -0.1) is 0 Å². The molecular formula is C23H28N2O5S. The molecule has 1 fully saturated rings. The molecule has 31 heavy (non-hydrogen) atoms. The number of piperidine rings is 1. The number of nitrogens with one attached hydrogen (secondary N) is 1. The Balaban J connectivity index is 1.75. The van der Waals surface area contributed by atoms with Crippen LogP contribution in [0.5, 0.6) is 0 Å². The lowest BCUT2D eigenvalue weighted by atomic mass is 9.98. The second-order valence-electron chi connectivity index (χ2n) is 7.97. The van der Waals surface area contributed by atoms with Crippen molar-refractivity contribution in [2.45, 2.75) is 32.8 Å². The third kappa shape index (κ3) is 5.92. The molecule has 2 aromatic carbocycles. The molecule has 8 heteroatoms. The second-order valence-corrected chi connectivity index (χ2v) is 9.95. The van der Waals surface area contributed by atoms with Gasteiger partial charge in [-0.25, -0.2) is 12.7 Å². The predicted molar refractivity (Wildman–Crippen MR) is 119 cm³/mol. The van der Waals surface area contributed by atoms with Crippen LogP contribution >= 0.6 is 0 Å². The number of aryl methyl sites for hydroxylation is 2. The lowest BCUT2D eigenvalue weighted by Crippen LogP contribution is -2.40. The fourth-order valence-electron chi connectivity index (χ4n) is 3.61. The maximum atomic E-state index is 13.1. The number of carbonyl (C=O) groups excluding carboxylic acids is 2. The maximum absolute atomic E-state index is 13.1. The van der Waals surface area contributed by atoms with E-state index < -0.39 is 33.9 Å². The molecule has 0 bridgehead atoms. The predicted octanol–water partition coefficient (Wildman–Crippen LogP) is 3.20. The molecule has 166 valence electrons. The minimum Gasteiger partial charge on any atom is -0.447 e. The van der Waals surface area contributed by atoms with Crippen LogP contribution in [0.3, 0.4) is 0 Å². The number of carbonyl (C=O) groups is 2. The Bertz CT molecular complexity index is 1040. The first-order chi connectivity index (χ1) is 14.6. The zero-order chi connectivity index (χ0) is 22.6. The van der Waals surface area contributed by atoms with Gasteiger partial charge in [0.15, 0.2) is 0 Å². The Morgan fingerprint density at radius 1 is 1.06 bits per heavy atom. The first-order valence-corrected chi connectivity index (χ1v) is 12.1. The molecule has 2 aromatic rings. The molecule has 1 aliphatic heterocycles. The Kier molecular flexibility index (Phi) is 7.12. The van der Waals surface area contributed by atoms with E-state index in [1.54, 1.807) is 24.3 Å². The smallest absolute Gasteiger partial charge is 0.310 e. The molecule has 1 atom stereocenters. The molecule has 0 spiro atoms. The van der Waals surface area contributed by atoms with E-state index in [0.717, 1.165) is 17.4 Å². The van der Waals surface area contributed by atoms with Gasteiger partial charge in [-0.1, -0.05) is 42.5 Å². The highest BCUT2D eigenvalue weighted by Gasteiger charge is 2.33. The summed E-state index contributed by atoms with van der Waals surface area (Å²) in [6.07, 6.45) is 0.800. The maximum Gasteiger partial charge on any atom is 0.310 e. The summed E-state index contributed by atoms with van der Waals surface area (Å²) in [7, 11) is -3.28. The number of rotatable bonds is 6. The van der Waals surface area contributed by atoms with Gasteiger partial charge in [0.1, 0.15) is 0 Å². The quantitative estimate of drug-likeness (QED) is 0.691. The average molecular weight is 445 g/mol. The molecule has 1 heterocycles. The standard InChI is InChI=1S/C23H28N2O5S/c1-16-9-10-17(2)20(15-16)24-22(26)21(18-7-5-4-6-8-18)30-23(27)19-11-13-25(14-12-19)31(3,28)29/h4-10,15,19,21H,11-14H2,1-3H3,(H,24,26). The molecule has 7 nitrogen and oxygen atoms in total. The highest BCUT2D eigenvalue weighted by Crippen LogP contribution is 2.26. The highest BCUT2D eigenvalue weighted by molar-refractivity contribution is 7.88. The van der Waals surface area contributed by atoms with Crippen LogP contribution in [0.15, 0.2) is 48.5 Å². The van der Waals surface area contributed by atoms with E-state index in [9.17, 15) is 18.0 Å². The van der Waals surface area contributed by atoms with E-state index in [-0.39, 0.29) is 13.1 Å². The number of benzene rings is 2.